The highest BCUT2D eigenvalue weighted by atomic mass is 32.1. The zero-order valence-corrected chi connectivity index (χ0v) is 14.4. The van der Waals surface area contributed by atoms with Gasteiger partial charge in [0.25, 0.3) is 0 Å². The summed E-state index contributed by atoms with van der Waals surface area (Å²) in [6.07, 6.45) is 1.55. The Morgan fingerprint density at radius 3 is 2.75 bits per heavy atom. The van der Waals surface area contributed by atoms with E-state index in [-0.39, 0.29) is 11.9 Å². The summed E-state index contributed by atoms with van der Waals surface area (Å²) in [6.45, 7) is 3.12. The molecule has 1 aliphatic heterocycles. The number of hydrogen-bond acceptors (Lipinski definition) is 3. The lowest BCUT2D eigenvalue weighted by Crippen LogP contribution is -2.47. The van der Waals surface area contributed by atoms with E-state index >= 15 is 0 Å². The van der Waals surface area contributed by atoms with Gasteiger partial charge in [0.2, 0.25) is 5.91 Å². The number of carbonyl (C=O) groups is 2. The van der Waals surface area contributed by atoms with Crippen LogP contribution in [-0.2, 0) is 11.3 Å². The molecule has 3 amide bonds. The van der Waals surface area contributed by atoms with E-state index in [4.69, 9.17) is 0 Å². The van der Waals surface area contributed by atoms with E-state index in [0.29, 0.717) is 19.5 Å². The predicted octanol–water partition coefficient (Wildman–Crippen LogP) is 3.37. The number of anilines is 1. The molecule has 1 saturated heterocycles. The highest BCUT2D eigenvalue weighted by Gasteiger charge is 2.34. The van der Waals surface area contributed by atoms with Crippen molar-refractivity contribution < 1.29 is 9.59 Å². The Morgan fingerprint density at radius 1 is 1.25 bits per heavy atom. The average molecular weight is 343 g/mol. The van der Waals surface area contributed by atoms with Crippen molar-refractivity contribution in [1.29, 1.82) is 0 Å². The van der Waals surface area contributed by atoms with E-state index < -0.39 is 6.04 Å². The summed E-state index contributed by atoms with van der Waals surface area (Å²) in [4.78, 5) is 27.6. The fraction of sp³-hybridized carbons (Fsp3) is 0.333. The minimum atomic E-state index is -0.393. The van der Waals surface area contributed by atoms with Gasteiger partial charge in [-0.1, -0.05) is 23.8 Å². The molecule has 3 rings (SSSR count). The Hall–Kier alpha value is -2.34. The first-order valence-electron chi connectivity index (χ1n) is 8.08. The quantitative estimate of drug-likeness (QED) is 0.894. The molecule has 1 aliphatic rings. The largest absolute Gasteiger partial charge is 0.349 e. The summed E-state index contributed by atoms with van der Waals surface area (Å²) in [6, 6.07) is 11.0. The van der Waals surface area contributed by atoms with Gasteiger partial charge in [-0.2, -0.15) is 0 Å². The number of thiophene rings is 1. The number of rotatable bonds is 4. The molecule has 0 spiro atoms. The molecule has 0 unspecified atom stereocenters. The van der Waals surface area contributed by atoms with Crippen molar-refractivity contribution in [3.8, 4) is 0 Å². The number of urea groups is 1. The van der Waals surface area contributed by atoms with Crippen LogP contribution in [0.5, 0.6) is 0 Å². The van der Waals surface area contributed by atoms with Crippen molar-refractivity contribution >= 4 is 29.0 Å². The van der Waals surface area contributed by atoms with Gasteiger partial charge in [-0.05, 0) is 43.3 Å². The summed E-state index contributed by atoms with van der Waals surface area (Å²) in [5, 5.41) is 7.79. The topological polar surface area (TPSA) is 61.4 Å². The van der Waals surface area contributed by atoms with Crippen LogP contribution in [0.3, 0.4) is 0 Å². The molecule has 0 saturated carbocycles. The van der Waals surface area contributed by atoms with E-state index in [9.17, 15) is 9.59 Å². The fourth-order valence-electron chi connectivity index (χ4n) is 2.82. The third-order valence-corrected chi connectivity index (χ3v) is 5.01. The second-order valence-corrected chi connectivity index (χ2v) is 6.98. The molecule has 126 valence electrons. The molecule has 0 bridgehead atoms. The third-order valence-electron chi connectivity index (χ3n) is 4.14. The van der Waals surface area contributed by atoms with Crippen molar-refractivity contribution in [1.82, 2.24) is 10.2 Å². The highest BCUT2D eigenvalue weighted by Crippen LogP contribution is 2.20. The number of benzene rings is 1. The van der Waals surface area contributed by atoms with Gasteiger partial charge >= 0.3 is 6.03 Å². The van der Waals surface area contributed by atoms with Crippen LogP contribution in [0.2, 0.25) is 0 Å². The zero-order valence-electron chi connectivity index (χ0n) is 13.6. The summed E-state index contributed by atoms with van der Waals surface area (Å²) < 4.78 is 0. The summed E-state index contributed by atoms with van der Waals surface area (Å²) in [5.41, 5.74) is 1.88. The van der Waals surface area contributed by atoms with Gasteiger partial charge in [0.1, 0.15) is 6.04 Å². The Balaban J connectivity index is 1.58. The lowest BCUT2D eigenvalue weighted by Gasteiger charge is -2.24. The Bertz CT molecular complexity index is 698. The van der Waals surface area contributed by atoms with Gasteiger partial charge < -0.3 is 15.5 Å². The number of aryl methyl sites for hydroxylation is 1. The Kier molecular flexibility index (Phi) is 5.15. The van der Waals surface area contributed by atoms with E-state index in [1.807, 2.05) is 48.7 Å². The second-order valence-electron chi connectivity index (χ2n) is 5.94. The van der Waals surface area contributed by atoms with E-state index in [2.05, 4.69) is 10.6 Å². The molecular formula is C18H21N3O2S. The maximum atomic E-state index is 12.5. The minimum absolute atomic E-state index is 0.0834. The normalized spacial score (nSPS) is 16.9. The number of hydrogen-bond donors (Lipinski definition) is 2. The highest BCUT2D eigenvalue weighted by molar-refractivity contribution is 7.09. The molecule has 1 atom stereocenters. The number of nitrogens with zero attached hydrogens (tertiary/aromatic N) is 1. The zero-order chi connectivity index (χ0) is 16.9. The monoisotopic (exact) mass is 343 g/mol. The summed E-state index contributed by atoms with van der Waals surface area (Å²) in [5.74, 6) is -0.0834. The summed E-state index contributed by atoms with van der Waals surface area (Å²) in [7, 11) is 0. The molecule has 1 aromatic heterocycles. The second kappa shape index (κ2) is 7.49. The van der Waals surface area contributed by atoms with Gasteiger partial charge in [0.15, 0.2) is 0 Å². The van der Waals surface area contributed by atoms with Gasteiger partial charge in [0, 0.05) is 17.1 Å². The van der Waals surface area contributed by atoms with Crippen LogP contribution >= 0.6 is 11.3 Å². The molecular weight excluding hydrogens is 322 g/mol. The molecule has 2 heterocycles. The third kappa shape index (κ3) is 3.94. The standard InChI is InChI=1S/C18H21N3O2S/c1-13-6-8-14(9-7-13)20-18(23)21-10-2-5-16(21)17(22)19-12-15-4-3-11-24-15/h3-4,6-9,11,16H,2,5,10,12H2,1H3,(H,19,22)(H,20,23)/t16-/m1/s1. The Morgan fingerprint density at radius 2 is 2.04 bits per heavy atom. The molecule has 0 radical (unpaired) electrons. The van der Waals surface area contributed by atoms with E-state index in [1.165, 1.54) is 0 Å². The maximum absolute atomic E-state index is 12.5. The number of carbonyl (C=O) groups excluding carboxylic acids is 2. The fourth-order valence-corrected chi connectivity index (χ4v) is 3.46. The number of nitrogens with one attached hydrogen (secondary N) is 2. The number of likely N-dealkylation sites (tertiary alicyclic amines) is 1. The lowest BCUT2D eigenvalue weighted by atomic mass is 10.2. The van der Waals surface area contributed by atoms with Crippen molar-refractivity contribution in [2.24, 2.45) is 0 Å². The van der Waals surface area contributed by atoms with Crippen LogP contribution in [0.15, 0.2) is 41.8 Å². The van der Waals surface area contributed by atoms with Crippen LogP contribution < -0.4 is 10.6 Å². The van der Waals surface area contributed by atoms with Crippen molar-refractivity contribution in [3.63, 3.8) is 0 Å². The molecule has 2 aromatic rings. The predicted molar refractivity (Wildman–Crippen MR) is 96.1 cm³/mol. The number of amides is 3. The molecule has 24 heavy (non-hydrogen) atoms. The van der Waals surface area contributed by atoms with Crippen LogP contribution in [0.4, 0.5) is 10.5 Å². The molecule has 0 aliphatic carbocycles. The molecule has 1 aromatic carbocycles. The van der Waals surface area contributed by atoms with Crippen LogP contribution in [0.25, 0.3) is 0 Å². The first-order chi connectivity index (χ1) is 11.6. The molecule has 6 heteroatoms. The first kappa shape index (κ1) is 16.5. The Labute approximate surface area is 145 Å². The van der Waals surface area contributed by atoms with E-state index in [0.717, 1.165) is 22.5 Å². The van der Waals surface area contributed by atoms with Gasteiger partial charge in [-0.15, -0.1) is 11.3 Å². The first-order valence-corrected chi connectivity index (χ1v) is 8.96. The smallest absolute Gasteiger partial charge is 0.322 e. The molecule has 5 nitrogen and oxygen atoms in total. The van der Waals surface area contributed by atoms with Crippen LogP contribution in [-0.4, -0.2) is 29.4 Å². The SMILES string of the molecule is Cc1ccc(NC(=O)N2CCC[C@@H]2C(=O)NCc2cccs2)cc1. The van der Waals surface area contributed by atoms with Crippen LogP contribution in [0, 0.1) is 6.92 Å². The van der Waals surface area contributed by atoms with E-state index in [1.54, 1.807) is 16.2 Å². The van der Waals surface area contributed by atoms with Crippen LogP contribution in [0.1, 0.15) is 23.3 Å². The van der Waals surface area contributed by atoms with Gasteiger partial charge in [-0.25, -0.2) is 4.79 Å². The maximum Gasteiger partial charge on any atom is 0.322 e. The van der Waals surface area contributed by atoms with Gasteiger partial charge in [-0.3, -0.25) is 4.79 Å². The van der Waals surface area contributed by atoms with Gasteiger partial charge in [0.05, 0.1) is 6.54 Å². The average Bonchev–Trinajstić information content (AvgIpc) is 3.26. The van der Waals surface area contributed by atoms with Crippen molar-refractivity contribution in [3.05, 3.63) is 52.2 Å². The minimum Gasteiger partial charge on any atom is -0.349 e. The lowest BCUT2D eigenvalue weighted by molar-refractivity contribution is -0.124. The molecule has 2 N–H and O–H groups in total. The van der Waals surface area contributed by atoms with Crippen molar-refractivity contribution in [2.45, 2.75) is 32.4 Å². The molecule has 1 fully saturated rings. The summed E-state index contributed by atoms with van der Waals surface area (Å²) >= 11 is 1.61. The van der Waals surface area contributed by atoms with Crippen molar-refractivity contribution in [2.75, 3.05) is 11.9 Å².